The fourth-order valence-electron chi connectivity index (χ4n) is 1.40. The first-order valence-corrected chi connectivity index (χ1v) is 7.52. The van der Waals surface area contributed by atoms with E-state index in [1.165, 1.54) is 34.8 Å². The number of aromatic nitrogens is 3. The third-order valence-corrected chi connectivity index (χ3v) is 4.00. The van der Waals surface area contributed by atoms with E-state index in [1.54, 1.807) is 0 Å². The molecule has 0 aliphatic carbocycles. The van der Waals surface area contributed by atoms with Crippen molar-refractivity contribution in [2.45, 2.75) is 18.0 Å². The van der Waals surface area contributed by atoms with E-state index in [2.05, 4.69) is 20.3 Å². The summed E-state index contributed by atoms with van der Waals surface area (Å²) in [6.07, 6.45) is 3.43. The van der Waals surface area contributed by atoms with Gasteiger partial charge in [-0.15, -0.1) is 23.1 Å². The summed E-state index contributed by atoms with van der Waals surface area (Å²) >= 11 is 2.84. The standard InChI is InChI=1S/C11H12N4O2S2/c1-6(10-15-7(4-19-10)11(16)17)14-8-3-9(18-2)13-5-12-8/h3-6H,1-2H3,(H,16,17)(H,12,13,14). The fourth-order valence-corrected chi connectivity index (χ4v) is 2.58. The number of hydrogen-bond acceptors (Lipinski definition) is 7. The maximum Gasteiger partial charge on any atom is 0.355 e. The van der Waals surface area contributed by atoms with E-state index in [4.69, 9.17) is 5.11 Å². The maximum absolute atomic E-state index is 10.8. The largest absolute Gasteiger partial charge is 0.476 e. The van der Waals surface area contributed by atoms with Gasteiger partial charge >= 0.3 is 5.97 Å². The Morgan fingerprint density at radius 3 is 2.95 bits per heavy atom. The molecule has 0 amide bonds. The first kappa shape index (κ1) is 13.8. The SMILES string of the molecule is CSc1cc(NC(C)c2nc(C(=O)O)cs2)ncn1. The highest BCUT2D eigenvalue weighted by Crippen LogP contribution is 2.22. The van der Waals surface area contributed by atoms with Crippen LogP contribution in [0.3, 0.4) is 0 Å². The van der Waals surface area contributed by atoms with Crippen LogP contribution in [-0.2, 0) is 0 Å². The van der Waals surface area contributed by atoms with Crippen molar-refractivity contribution in [3.8, 4) is 0 Å². The Labute approximate surface area is 118 Å². The molecule has 100 valence electrons. The van der Waals surface area contributed by atoms with Crippen LogP contribution in [0.25, 0.3) is 0 Å². The van der Waals surface area contributed by atoms with Crippen molar-refractivity contribution in [1.29, 1.82) is 0 Å². The highest BCUT2D eigenvalue weighted by Gasteiger charge is 2.14. The van der Waals surface area contributed by atoms with E-state index >= 15 is 0 Å². The second-order valence-corrected chi connectivity index (χ2v) is 5.40. The molecule has 0 aromatic carbocycles. The maximum atomic E-state index is 10.8. The van der Waals surface area contributed by atoms with Crippen molar-refractivity contribution >= 4 is 34.9 Å². The fraction of sp³-hybridized carbons (Fsp3) is 0.273. The number of carbonyl (C=O) groups is 1. The lowest BCUT2D eigenvalue weighted by molar-refractivity contribution is 0.0691. The molecule has 0 aliphatic rings. The molecule has 0 fully saturated rings. The molecule has 2 aromatic heterocycles. The summed E-state index contributed by atoms with van der Waals surface area (Å²) in [6, 6.07) is 1.73. The van der Waals surface area contributed by atoms with E-state index in [-0.39, 0.29) is 11.7 Å². The van der Waals surface area contributed by atoms with Crippen molar-refractivity contribution in [3.05, 3.63) is 28.5 Å². The summed E-state index contributed by atoms with van der Waals surface area (Å²) in [7, 11) is 0. The van der Waals surface area contributed by atoms with Crippen LogP contribution in [0.15, 0.2) is 22.8 Å². The summed E-state index contributed by atoms with van der Waals surface area (Å²) in [6.45, 7) is 1.91. The van der Waals surface area contributed by atoms with Gasteiger partial charge in [-0.25, -0.2) is 19.7 Å². The number of hydrogen-bond donors (Lipinski definition) is 2. The average Bonchev–Trinajstić information content (AvgIpc) is 2.89. The zero-order chi connectivity index (χ0) is 13.8. The van der Waals surface area contributed by atoms with Crippen molar-refractivity contribution in [3.63, 3.8) is 0 Å². The molecule has 0 bridgehead atoms. The number of anilines is 1. The second-order valence-electron chi connectivity index (χ2n) is 3.69. The Morgan fingerprint density at radius 1 is 1.53 bits per heavy atom. The predicted octanol–water partition coefficient (Wildman–Crippen LogP) is 2.53. The minimum Gasteiger partial charge on any atom is -0.476 e. The average molecular weight is 296 g/mol. The molecule has 1 atom stereocenters. The lowest BCUT2D eigenvalue weighted by Gasteiger charge is -2.11. The van der Waals surface area contributed by atoms with Gasteiger partial charge in [0.2, 0.25) is 0 Å². The van der Waals surface area contributed by atoms with Crippen LogP contribution < -0.4 is 5.32 Å². The summed E-state index contributed by atoms with van der Waals surface area (Å²) in [5.41, 5.74) is 0.0705. The summed E-state index contributed by atoms with van der Waals surface area (Å²) < 4.78 is 0. The first-order chi connectivity index (χ1) is 9.10. The predicted molar refractivity (Wildman–Crippen MR) is 74.9 cm³/mol. The Kier molecular flexibility index (Phi) is 4.33. The molecule has 19 heavy (non-hydrogen) atoms. The number of nitrogens with one attached hydrogen (secondary N) is 1. The topological polar surface area (TPSA) is 88.0 Å². The quantitative estimate of drug-likeness (QED) is 0.647. The van der Waals surface area contributed by atoms with Gasteiger partial charge < -0.3 is 10.4 Å². The zero-order valence-electron chi connectivity index (χ0n) is 10.3. The first-order valence-electron chi connectivity index (χ1n) is 5.41. The Morgan fingerprint density at radius 2 is 2.32 bits per heavy atom. The normalized spacial score (nSPS) is 12.1. The molecule has 0 saturated carbocycles. The number of carboxylic acid groups (broad SMARTS) is 1. The van der Waals surface area contributed by atoms with Crippen LogP contribution in [0.1, 0.15) is 28.5 Å². The zero-order valence-corrected chi connectivity index (χ0v) is 12.0. The van der Waals surface area contributed by atoms with Gasteiger partial charge in [0, 0.05) is 11.4 Å². The number of nitrogens with zero attached hydrogens (tertiary/aromatic N) is 3. The second kappa shape index (κ2) is 5.98. The van der Waals surface area contributed by atoms with Gasteiger partial charge in [-0.3, -0.25) is 0 Å². The summed E-state index contributed by atoms with van der Waals surface area (Å²) in [5, 5.41) is 15.1. The van der Waals surface area contributed by atoms with Gasteiger partial charge in [-0.1, -0.05) is 0 Å². The number of thioether (sulfide) groups is 1. The van der Waals surface area contributed by atoms with Gasteiger partial charge in [0.25, 0.3) is 0 Å². The molecule has 2 aromatic rings. The molecule has 0 radical (unpaired) electrons. The number of carboxylic acids is 1. The summed E-state index contributed by atoms with van der Waals surface area (Å²) in [5.74, 6) is -0.319. The third-order valence-electron chi connectivity index (χ3n) is 2.33. The van der Waals surface area contributed by atoms with E-state index in [9.17, 15) is 4.79 Å². The van der Waals surface area contributed by atoms with Crippen LogP contribution in [0.4, 0.5) is 5.82 Å². The van der Waals surface area contributed by atoms with Crippen LogP contribution >= 0.6 is 23.1 Å². The van der Waals surface area contributed by atoms with Crippen molar-refractivity contribution in [1.82, 2.24) is 15.0 Å². The number of thiazole rings is 1. The lowest BCUT2D eigenvalue weighted by atomic mass is 10.3. The van der Waals surface area contributed by atoms with Crippen LogP contribution in [-0.4, -0.2) is 32.3 Å². The molecular formula is C11H12N4O2S2. The Balaban J connectivity index is 2.10. The molecule has 8 heteroatoms. The van der Waals surface area contributed by atoms with Crippen molar-refractivity contribution < 1.29 is 9.90 Å². The molecule has 0 aliphatic heterocycles. The van der Waals surface area contributed by atoms with E-state index in [1.807, 2.05) is 19.2 Å². The monoisotopic (exact) mass is 296 g/mol. The molecule has 2 heterocycles. The van der Waals surface area contributed by atoms with Gasteiger partial charge in [0.05, 0.1) is 6.04 Å². The van der Waals surface area contributed by atoms with Crippen molar-refractivity contribution in [2.75, 3.05) is 11.6 Å². The number of aromatic carboxylic acids is 1. The Bertz CT molecular complexity index is 588. The molecule has 1 unspecified atom stereocenters. The van der Waals surface area contributed by atoms with Gasteiger partial charge in [-0.05, 0) is 13.2 Å². The molecule has 0 saturated heterocycles. The number of rotatable bonds is 5. The highest BCUT2D eigenvalue weighted by atomic mass is 32.2. The van der Waals surface area contributed by atoms with Gasteiger partial charge in [-0.2, -0.15) is 0 Å². The Hall–Kier alpha value is -1.67. The minimum absolute atomic E-state index is 0.0705. The molecule has 6 nitrogen and oxygen atoms in total. The molecular weight excluding hydrogens is 284 g/mol. The summed E-state index contributed by atoms with van der Waals surface area (Å²) in [4.78, 5) is 23.0. The van der Waals surface area contributed by atoms with Crippen LogP contribution in [0.5, 0.6) is 0 Å². The van der Waals surface area contributed by atoms with E-state index in [0.717, 1.165) is 5.03 Å². The van der Waals surface area contributed by atoms with E-state index in [0.29, 0.717) is 10.8 Å². The van der Waals surface area contributed by atoms with Gasteiger partial charge in [0.15, 0.2) is 5.69 Å². The molecule has 2 rings (SSSR count). The van der Waals surface area contributed by atoms with Crippen molar-refractivity contribution in [2.24, 2.45) is 0 Å². The minimum atomic E-state index is -1.01. The highest BCUT2D eigenvalue weighted by molar-refractivity contribution is 7.98. The van der Waals surface area contributed by atoms with E-state index < -0.39 is 5.97 Å². The van der Waals surface area contributed by atoms with Gasteiger partial charge in [0.1, 0.15) is 22.2 Å². The van der Waals surface area contributed by atoms with Crippen LogP contribution in [0.2, 0.25) is 0 Å². The smallest absolute Gasteiger partial charge is 0.355 e. The molecule has 2 N–H and O–H groups in total. The lowest BCUT2D eigenvalue weighted by Crippen LogP contribution is -2.08. The third kappa shape index (κ3) is 3.42. The molecule has 0 spiro atoms. The van der Waals surface area contributed by atoms with Crippen LogP contribution in [0, 0.1) is 0 Å².